The molecule has 0 saturated carbocycles. The smallest absolute Gasteiger partial charge is 0.0689 e. The van der Waals surface area contributed by atoms with E-state index in [0.29, 0.717) is 0 Å². The largest absolute Gasteiger partial charge is 0.390 e. The predicted molar refractivity (Wildman–Crippen MR) is 42.2 cm³/mol. The zero-order valence-electron chi connectivity index (χ0n) is 7.81. The molecular formula is C7H15F5O2. The highest BCUT2D eigenvalue weighted by Gasteiger charge is 2.26. The zero-order chi connectivity index (χ0) is 10.7. The van der Waals surface area contributed by atoms with Gasteiger partial charge in [-0.05, 0) is 19.3 Å². The Morgan fingerprint density at radius 1 is 1.14 bits per heavy atom. The molecule has 0 aromatic rings. The molecule has 0 atom stereocenters. The molecular weight excluding hydrogens is 211 g/mol. The summed E-state index contributed by atoms with van der Waals surface area (Å²) in [5.41, 5.74) is -0.405. The molecule has 0 aromatic carbocycles. The summed E-state index contributed by atoms with van der Waals surface area (Å²) in [6.45, 7) is 3.47. The van der Waals surface area contributed by atoms with E-state index in [-0.39, 0.29) is 4.70 Å². The van der Waals surface area contributed by atoms with Gasteiger partial charge in [-0.3, -0.25) is 4.70 Å². The topological polar surface area (TPSA) is 29.5 Å². The summed E-state index contributed by atoms with van der Waals surface area (Å²) in [6.07, 6.45) is 2.48. The summed E-state index contributed by atoms with van der Waals surface area (Å²) >= 11 is 0. The molecule has 1 aliphatic rings. The minimum Gasteiger partial charge on any atom is -0.390 e. The van der Waals surface area contributed by atoms with Gasteiger partial charge in [0, 0.05) is 31.5 Å². The maximum Gasteiger partial charge on any atom is 0.0689 e. The first-order chi connectivity index (χ1) is 6.27. The van der Waals surface area contributed by atoms with Gasteiger partial charge in [0.15, 0.2) is 0 Å². The fourth-order valence-corrected chi connectivity index (χ4v) is 1.10. The monoisotopic (exact) mass is 226 g/mol. The Morgan fingerprint density at radius 3 is 1.71 bits per heavy atom. The van der Waals surface area contributed by atoms with Gasteiger partial charge >= 0.3 is 0 Å². The van der Waals surface area contributed by atoms with Crippen LogP contribution in [-0.4, -0.2) is 23.9 Å². The Morgan fingerprint density at radius 2 is 1.50 bits per heavy atom. The second-order valence-electron chi connectivity index (χ2n) is 2.69. The lowest BCUT2D eigenvalue weighted by Gasteiger charge is -2.30. The Bertz CT molecular complexity index is 98.1. The van der Waals surface area contributed by atoms with Crippen LogP contribution >= 0.6 is 0 Å². The van der Waals surface area contributed by atoms with Crippen LogP contribution in [0.2, 0.25) is 0 Å². The van der Waals surface area contributed by atoms with Gasteiger partial charge in [0.1, 0.15) is 0 Å². The van der Waals surface area contributed by atoms with Crippen LogP contribution in [0.5, 0.6) is 0 Å². The van der Waals surface area contributed by atoms with E-state index < -0.39 is 5.60 Å². The highest BCUT2D eigenvalue weighted by Crippen LogP contribution is 2.22. The molecule has 7 heteroatoms. The van der Waals surface area contributed by atoms with E-state index in [0.717, 1.165) is 32.5 Å². The molecule has 1 heterocycles. The van der Waals surface area contributed by atoms with E-state index in [1.807, 2.05) is 6.92 Å². The van der Waals surface area contributed by atoms with Gasteiger partial charge in [0.2, 0.25) is 0 Å². The third kappa shape index (κ3) is 8.18. The lowest BCUT2D eigenvalue weighted by atomic mass is 9.92. The molecule has 1 fully saturated rings. The fourth-order valence-electron chi connectivity index (χ4n) is 1.10. The summed E-state index contributed by atoms with van der Waals surface area (Å²) in [7, 11) is 0. The fraction of sp³-hybridized carbons (Fsp3) is 1.00. The summed E-state index contributed by atoms with van der Waals surface area (Å²) in [5.74, 6) is 0. The van der Waals surface area contributed by atoms with Crippen LogP contribution in [0.25, 0.3) is 0 Å². The van der Waals surface area contributed by atoms with Crippen LogP contribution in [0.1, 0.15) is 26.2 Å². The molecule has 1 aliphatic heterocycles. The van der Waals surface area contributed by atoms with Crippen LogP contribution < -0.4 is 0 Å². The minimum absolute atomic E-state index is 0. The highest BCUT2D eigenvalue weighted by molar-refractivity contribution is 4.78. The Hall–Kier alpha value is -0.430. The Balaban J connectivity index is -0.000000216. The van der Waals surface area contributed by atoms with Crippen LogP contribution in [0, 0.1) is 0 Å². The van der Waals surface area contributed by atoms with Gasteiger partial charge in [0.05, 0.1) is 5.60 Å². The lowest BCUT2D eigenvalue weighted by Crippen LogP contribution is -2.35. The number of hydrogen-bond donors (Lipinski definition) is 1. The number of halogens is 5. The van der Waals surface area contributed by atoms with Crippen molar-refractivity contribution in [2.75, 3.05) is 13.2 Å². The second kappa shape index (κ2) is 12.6. The van der Waals surface area contributed by atoms with Crippen molar-refractivity contribution in [3.8, 4) is 0 Å². The van der Waals surface area contributed by atoms with Crippen molar-refractivity contribution in [2.45, 2.75) is 31.8 Å². The average molecular weight is 226 g/mol. The Kier molecular flexibility index (Phi) is 17.2. The van der Waals surface area contributed by atoms with E-state index in [1.54, 1.807) is 0 Å². The summed E-state index contributed by atoms with van der Waals surface area (Å²) in [5, 5.41) is 9.60. The van der Waals surface area contributed by atoms with Crippen LogP contribution in [0.4, 0.5) is 23.0 Å². The SMILES string of the molecule is CCC1(O)CCOCC1.F.FF.FF. The molecule has 1 N–H and O–H groups in total. The van der Waals surface area contributed by atoms with Crippen molar-refractivity contribution in [2.24, 2.45) is 0 Å². The molecule has 0 amide bonds. The first-order valence-corrected chi connectivity index (χ1v) is 3.85. The van der Waals surface area contributed by atoms with Crippen molar-refractivity contribution in [3.05, 3.63) is 0 Å². The first-order valence-electron chi connectivity index (χ1n) is 3.85. The van der Waals surface area contributed by atoms with Crippen molar-refractivity contribution in [1.82, 2.24) is 0 Å². The first kappa shape index (κ1) is 19.2. The van der Waals surface area contributed by atoms with Crippen molar-refractivity contribution in [3.63, 3.8) is 0 Å². The maximum atomic E-state index is 9.60. The average Bonchev–Trinajstić information content (AvgIpc) is 2.25. The van der Waals surface area contributed by atoms with E-state index in [4.69, 9.17) is 23.0 Å². The Labute approximate surface area is 79.0 Å². The standard InChI is InChI=1S/C7H14O2.2F2.FH/c1-2-7(8)3-5-9-6-4-7;2*1-2;/h8H,2-6H2,1H3;;;1H. The molecule has 0 radical (unpaired) electrons. The van der Waals surface area contributed by atoms with Gasteiger partial charge in [-0.25, -0.2) is 0 Å². The number of aliphatic hydroxyl groups is 1. The molecule has 0 bridgehead atoms. The van der Waals surface area contributed by atoms with E-state index in [2.05, 4.69) is 0 Å². The van der Waals surface area contributed by atoms with E-state index in [1.165, 1.54) is 0 Å². The van der Waals surface area contributed by atoms with Gasteiger partial charge < -0.3 is 9.84 Å². The molecule has 0 spiro atoms. The molecule has 0 aromatic heterocycles. The normalized spacial score (nSPS) is 17.6. The van der Waals surface area contributed by atoms with E-state index in [9.17, 15) is 5.11 Å². The zero-order valence-corrected chi connectivity index (χ0v) is 7.81. The van der Waals surface area contributed by atoms with Crippen molar-refractivity contribution >= 4 is 0 Å². The van der Waals surface area contributed by atoms with Gasteiger partial charge in [-0.2, -0.15) is 0 Å². The van der Waals surface area contributed by atoms with E-state index >= 15 is 0 Å². The third-order valence-corrected chi connectivity index (χ3v) is 2.08. The summed E-state index contributed by atoms with van der Waals surface area (Å²) in [6, 6.07) is 0. The summed E-state index contributed by atoms with van der Waals surface area (Å²) < 4.78 is 37.1. The van der Waals surface area contributed by atoms with Gasteiger partial charge in [-0.1, -0.05) is 6.92 Å². The molecule has 14 heavy (non-hydrogen) atoms. The molecule has 1 rings (SSSR count). The van der Waals surface area contributed by atoms with Crippen molar-refractivity contribution in [1.29, 1.82) is 0 Å². The third-order valence-electron chi connectivity index (χ3n) is 2.08. The number of hydrogen-bond acceptors (Lipinski definition) is 2. The molecule has 2 nitrogen and oxygen atoms in total. The molecule has 0 unspecified atom stereocenters. The maximum absolute atomic E-state index is 9.60. The molecule has 1 saturated heterocycles. The minimum atomic E-state index is -0.405. The van der Waals surface area contributed by atoms with Crippen molar-refractivity contribution < 1.29 is 32.8 Å². The van der Waals surface area contributed by atoms with Crippen LogP contribution in [0.3, 0.4) is 0 Å². The van der Waals surface area contributed by atoms with Crippen LogP contribution in [-0.2, 0) is 4.74 Å². The van der Waals surface area contributed by atoms with Crippen LogP contribution in [0.15, 0.2) is 0 Å². The van der Waals surface area contributed by atoms with Gasteiger partial charge in [0.25, 0.3) is 0 Å². The van der Waals surface area contributed by atoms with Gasteiger partial charge in [-0.15, -0.1) is 0 Å². The quantitative estimate of drug-likeness (QED) is 0.696. The second-order valence-corrected chi connectivity index (χ2v) is 2.69. The number of rotatable bonds is 1. The number of ether oxygens (including phenoxy) is 1. The molecule has 90 valence electrons. The highest BCUT2D eigenvalue weighted by atomic mass is 20.0. The predicted octanol–water partition coefficient (Wildman–Crippen LogP) is 2.77. The molecule has 0 aliphatic carbocycles. The summed E-state index contributed by atoms with van der Waals surface area (Å²) in [4.78, 5) is 0. The lowest BCUT2D eigenvalue weighted by molar-refractivity contribution is -0.0650.